The average Bonchev–Trinajstić information content (AvgIpc) is 2.90. The number of hydrazine groups is 1. The Morgan fingerprint density at radius 3 is 2.41 bits per heavy atom. The number of nitro groups is 1. The minimum absolute atomic E-state index is 0.0370. The predicted octanol–water partition coefficient (Wildman–Crippen LogP) is 3.45. The van der Waals surface area contributed by atoms with E-state index in [1.165, 1.54) is 24.3 Å². The van der Waals surface area contributed by atoms with Crippen LogP contribution in [0, 0.1) is 17.0 Å². The van der Waals surface area contributed by atoms with Gasteiger partial charge < -0.3 is 0 Å². The average molecular weight is 399 g/mol. The summed E-state index contributed by atoms with van der Waals surface area (Å²) >= 11 is 6.23. The Hall–Kier alpha value is -3.04. The summed E-state index contributed by atoms with van der Waals surface area (Å²) in [6, 6.07) is 12.7. The summed E-state index contributed by atoms with van der Waals surface area (Å²) in [6.45, 7) is 1.91. The van der Waals surface area contributed by atoms with Crippen LogP contribution in [0.25, 0.3) is 6.08 Å². The lowest BCUT2D eigenvalue weighted by Crippen LogP contribution is -2.44. The van der Waals surface area contributed by atoms with Gasteiger partial charge in [-0.2, -0.15) is 5.01 Å². The maximum absolute atomic E-state index is 12.5. The van der Waals surface area contributed by atoms with E-state index in [9.17, 15) is 19.7 Å². The summed E-state index contributed by atoms with van der Waals surface area (Å²) in [6.07, 6.45) is 1.57. The van der Waals surface area contributed by atoms with Crippen molar-refractivity contribution in [3.8, 4) is 0 Å². The van der Waals surface area contributed by atoms with Crippen LogP contribution in [0.3, 0.4) is 0 Å². The Labute approximate surface area is 164 Å². The van der Waals surface area contributed by atoms with Crippen LogP contribution in [0.15, 0.2) is 53.4 Å². The minimum Gasteiger partial charge on any atom is -0.267 e. The number of hydrogen-bond donors (Lipinski definition) is 1. The molecule has 0 unspecified atom stereocenters. The van der Waals surface area contributed by atoms with E-state index in [0.29, 0.717) is 16.0 Å². The Morgan fingerprint density at radius 1 is 1.19 bits per heavy atom. The summed E-state index contributed by atoms with van der Waals surface area (Å²) in [5.74, 6) is -0.897. The normalized spacial score (nSPS) is 15.3. The van der Waals surface area contributed by atoms with Crippen LogP contribution in [-0.4, -0.2) is 26.1 Å². The SMILES string of the molecule is Cc1ccc(C(=O)NN2C(=O)/C(=C/c3ccc([N+](=O)[O-])cc3)SC2=S)cc1. The van der Waals surface area contributed by atoms with Crippen LogP contribution in [0.4, 0.5) is 5.69 Å². The number of thioether (sulfide) groups is 1. The van der Waals surface area contributed by atoms with E-state index in [1.807, 2.05) is 6.92 Å². The van der Waals surface area contributed by atoms with Gasteiger partial charge in [0.1, 0.15) is 0 Å². The standard InChI is InChI=1S/C18H13N3O4S2/c1-11-2-6-13(7-3-11)16(22)19-20-17(23)15(27-18(20)26)10-12-4-8-14(9-5-12)21(24)25/h2-10H,1H3,(H,19,22)/b15-10-. The molecule has 0 aliphatic carbocycles. The number of nitrogens with one attached hydrogen (secondary N) is 1. The van der Waals surface area contributed by atoms with Crippen LogP contribution in [0.2, 0.25) is 0 Å². The molecule has 1 saturated heterocycles. The molecule has 9 heteroatoms. The Morgan fingerprint density at radius 2 is 1.81 bits per heavy atom. The van der Waals surface area contributed by atoms with Crippen molar-refractivity contribution < 1.29 is 14.5 Å². The smallest absolute Gasteiger partial charge is 0.267 e. The number of non-ortho nitro benzene ring substituents is 1. The van der Waals surface area contributed by atoms with E-state index in [2.05, 4.69) is 5.43 Å². The fraction of sp³-hybridized carbons (Fsp3) is 0.0556. The van der Waals surface area contributed by atoms with Gasteiger partial charge in [0.05, 0.1) is 9.83 Å². The molecular formula is C18H13N3O4S2. The molecule has 2 aromatic carbocycles. The molecule has 1 heterocycles. The van der Waals surface area contributed by atoms with E-state index >= 15 is 0 Å². The van der Waals surface area contributed by atoms with Crippen molar-refractivity contribution >= 4 is 51.9 Å². The molecule has 1 aliphatic rings. The Bertz CT molecular complexity index is 969. The number of thiocarbonyl (C=S) groups is 1. The number of nitrogens with zero attached hydrogens (tertiary/aromatic N) is 2. The first-order valence-corrected chi connectivity index (χ1v) is 8.98. The second-order valence-corrected chi connectivity index (χ2v) is 7.35. The number of nitro benzene ring substituents is 1. The first kappa shape index (κ1) is 18.7. The molecule has 136 valence electrons. The van der Waals surface area contributed by atoms with Crippen molar-refractivity contribution in [1.29, 1.82) is 0 Å². The number of aryl methyl sites for hydroxylation is 1. The lowest BCUT2D eigenvalue weighted by atomic mass is 10.1. The minimum atomic E-state index is -0.496. The van der Waals surface area contributed by atoms with E-state index < -0.39 is 16.7 Å². The first-order chi connectivity index (χ1) is 12.8. The summed E-state index contributed by atoms with van der Waals surface area (Å²) in [5.41, 5.74) is 4.51. The van der Waals surface area contributed by atoms with Gasteiger partial charge in [-0.1, -0.05) is 29.5 Å². The van der Waals surface area contributed by atoms with Crippen LogP contribution < -0.4 is 5.43 Å². The maximum Gasteiger partial charge on any atom is 0.285 e. The number of carbonyl (C=O) groups excluding carboxylic acids is 2. The lowest BCUT2D eigenvalue weighted by Gasteiger charge is -2.15. The van der Waals surface area contributed by atoms with Gasteiger partial charge in [-0.15, -0.1) is 0 Å². The second kappa shape index (κ2) is 7.68. The topological polar surface area (TPSA) is 92.6 Å². The highest BCUT2D eigenvalue weighted by atomic mass is 32.2. The molecule has 0 bridgehead atoms. The van der Waals surface area contributed by atoms with Gasteiger partial charge in [0, 0.05) is 17.7 Å². The van der Waals surface area contributed by atoms with E-state index in [0.717, 1.165) is 22.3 Å². The van der Waals surface area contributed by atoms with E-state index in [1.54, 1.807) is 30.3 Å². The number of carbonyl (C=O) groups is 2. The van der Waals surface area contributed by atoms with E-state index in [-0.39, 0.29) is 10.0 Å². The summed E-state index contributed by atoms with van der Waals surface area (Å²) in [7, 11) is 0. The molecule has 27 heavy (non-hydrogen) atoms. The monoisotopic (exact) mass is 399 g/mol. The zero-order valence-electron chi connectivity index (χ0n) is 14.0. The first-order valence-electron chi connectivity index (χ1n) is 7.75. The molecule has 3 rings (SSSR count). The number of hydrogen-bond acceptors (Lipinski definition) is 6. The lowest BCUT2D eigenvalue weighted by molar-refractivity contribution is -0.384. The molecule has 0 saturated carbocycles. The van der Waals surface area contributed by atoms with Crippen molar-refractivity contribution in [2.24, 2.45) is 0 Å². The molecule has 0 aromatic heterocycles. The van der Waals surface area contributed by atoms with Gasteiger partial charge in [-0.25, -0.2) is 0 Å². The summed E-state index contributed by atoms with van der Waals surface area (Å²) in [5, 5.41) is 11.7. The Kier molecular flexibility index (Phi) is 5.33. The number of amides is 2. The summed E-state index contributed by atoms with van der Waals surface area (Å²) in [4.78, 5) is 35.4. The van der Waals surface area contributed by atoms with Crippen molar-refractivity contribution in [3.63, 3.8) is 0 Å². The molecule has 2 amide bonds. The molecule has 0 spiro atoms. The third-order valence-electron chi connectivity index (χ3n) is 3.72. The number of rotatable bonds is 4. The fourth-order valence-electron chi connectivity index (χ4n) is 2.28. The van der Waals surface area contributed by atoms with Gasteiger partial charge in [-0.05, 0) is 55.0 Å². The zero-order valence-corrected chi connectivity index (χ0v) is 15.7. The quantitative estimate of drug-likeness (QED) is 0.366. The molecule has 2 aromatic rings. The zero-order chi connectivity index (χ0) is 19.6. The van der Waals surface area contributed by atoms with E-state index in [4.69, 9.17) is 12.2 Å². The molecule has 1 N–H and O–H groups in total. The second-order valence-electron chi connectivity index (χ2n) is 5.67. The van der Waals surface area contributed by atoms with Gasteiger partial charge in [0.15, 0.2) is 4.32 Å². The van der Waals surface area contributed by atoms with Crippen molar-refractivity contribution in [3.05, 3.63) is 80.2 Å². The van der Waals surface area contributed by atoms with Crippen LogP contribution in [0.1, 0.15) is 21.5 Å². The number of benzene rings is 2. The largest absolute Gasteiger partial charge is 0.285 e. The van der Waals surface area contributed by atoms with Gasteiger partial charge in [0.25, 0.3) is 17.5 Å². The molecule has 1 fully saturated rings. The maximum atomic E-state index is 12.5. The highest BCUT2D eigenvalue weighted by molar-refractivity contribution is 8.26. The fourth-order valence-corrected chi connectivity index (χ4v) is 3.46. The molecule has 0 radical (unpaired) electrons. The van der Waals surface area contributed by atoms with Crippen LogP contribution >= 0.6 is 24.0 Å². The highest BCUT2D eigenvalue weighted by Crippen LogP contribution is 2.31. The van der Waals surface area contributed by atoms with Crippen molar-refractivity contribution in [1.82, 2.24) is 10.4 Å². The van der Waals surface area contributed by atoms with Crippen molar-refractivity contribution in [2.75, 3.05) is 0 Å². The predicted molar refractivity (Wildman–Crippen MR) is 107 cm³/mol. The van der Waals surface area contributed by atoms with Gasteiger partial charge in [0.2, 0.25) is 0 Å². The molecular weight excluding hydrogens is 386 g/mol. The van der Waals surface area contributed by atoms with Crippen LogP contribution in [-0.2, 0) is 4.79 Å². The molecule has 0 atom stereocenters. The molecule has 7 nitrogen and oxygen atoms in total. The Balaban J connectivity index is 1.75. The van der Waals surface area contributed by atoms with Crippen molar-refractivity contribution in [2.45, 2.75) is 6.92 Å². The highest BCUT2D eigenvalue weighted by Gasteiger charge is 2.33. The van der Waals surface area contributed by atoms with Crippen LogP contribution in [0.5, 0.6) is 0 Å². The van der Waals surface area contributed by atoms with Gasteiger partial charge >= 0.3 is 0 Å². The third-order valence-corrected chi connectivity index (χ3v) is 5.02. The van der Waals surface area contributed by atoms with Gasteiger partial charge in [-0.3, -0.25) is 25.1 Å². The molecule has 1 aliphatic heterocycles. The third kappa shape index (κ3) is 4.21. The summed E-state index contributed by atoms with van der Waals surface area (Å²) < 4.78 is 0.202.